The Morgan fingerprint density at radius 2 is 1.90 bits per heavy atom. The summed E-state index contributed by atoms with van der Waals surface area (Å²) >= 11 is 0. The van der Waals surface area contributed by atoms with Crippen molar-refractivity contribution < 1.29 is 19.4 Å². The second-order valence-corrected chi connectivity index (χ2v) is 9.44. The van der Waals surface area contributed by atoms with Crippen molar-refractivity contribution in [2.45, 2.75) is 57.5 Å². The number of carbonyl (C=O) groups is 2. The first-order chi connectivity index (χ1) is 14.5. The predicted molar refractivity (Wildman–Crippen MR) is 114 cm³/mol. The van der Waals surface area contributed by atoms with Crippen molar-refractivity contribution in [3.8, 4) is 5.75 Å². The molecule has 2 aromatic rings. The number of carboxylic acid groups (broad SMARTS) is 1. The number of hydrogen-bond donors (Lipinski definition) is 1. The summed E-state index contributed by atoms with van der Waals surface area (Å²) in [5, 5.41) is 9.66. The molecule has 4 nitrogen and oxygen atoms in total. The minimum atomic E-state index is -1.01. The fraction of sp³-hybridized carbons (Fsp3) is 0.462. The van der Waals surface area contributed by atoms with Crippen LogP contribution < -0.4 is 4.74 Å². The van der Waals surface area contributed by atoms with Gasteiger partial charge in [0.1, 0.15) is 11.5 Å². The monoisotopic (exact) mass is 404 g/mol. The molecule has 2 saturated carbocycles. The highest BCUT2D eigenvalue weighted by Crippen LogP contribution is 2.59. The summed E-state index contributed by atoms with van der Waals surface area (Å²) < 4.78 is 5.92. The van der Waals surface area contributed by atoms with Crippen LogP contribution in [0.2, 0.25) is 0 Å². The lowest BCUT2D eigenvalue weighted by atomic mass is 9.55. The number of rotatable bonds is 4. The molecule has 1 N–H and O–H groups in total. The Morgan fingerprint density at radius 1 is 1.10 bits per heavy atom. The van der Waals surface area contributed by atoms with Crippen LogP contribution in [-0.4, -0.2) is 16.9 Å². The van der Waals surface area contributed by atoms with E-state index in [1.807, 2.05) is 30.3 Å². The van der Waals surface area contributed by atoms with Gasteiger partial charge in [0.2, 0.25) is 6.10 Å². The van der Waals surface area contributed by atoms with E-state index in [-0.39, 0.29) is 5.41 Å². The highest BCUT2D eigenvalue weighted by molar-refractivity contribution is 5.87. The average Bonchev–Trinajstić information content (AvgIpc) is 3.06. The average molecular weight is 405 g/mol. The second-order valence-electron chi connectivity index (χ2n) is 9.44. The first-order valence-electron chi connectivity index (χ1n) is 11.1. The molecule has 5 unspecified atom stereocenters. The molecule has 156 valence electrons. The van der Waals surface area contributed by atoms with Crippen molar-refractivity contribution in [2.75, 3.05) is 0 Å². The van der Waals surface area contributed by atoms with Gasteiger partial charge in [0.15, 0.2) is 0 Å². The number of hydrogen-bond acceptors (Lipinski definition) is 3. The maximum atomic E-state index is 12.5. The topological polar surface area (TPSA) is 63.6 Å². The van der Waals surface area contributed by atoms with Crippen molar-refractivity contribution in [1.29, 1.82) is 0 Å². The minimum absolute atomic E-state index is 0.105. The zero-order chi connectivity index (χ0) is 20.9. The molecule has 0 amide bonds. The van der Waals surface area contributed by atoms with E-state index in [1.54, 1.807) is 12.1 Å². The van der Waals surface area contributed by atoms with Crippen molar-refractivity contribution in [2.24, 2.45) is 17.3 Å². The van der Waals surface area contributed by atoms with Crippen molar-refractivity contribution in [1.82, 2.24) is 0 Å². The molecule has 2 fully saturated rings. The van der Waals surface area contributed by atoms with E-state index in [4.69, 9.17) is 4.74 Å². The van der Waals surface area contributed by atoms with Crippen LogP contribution in [0.15, 0.2) is 48.5 Å². The fourth-order valence-corrected chi connectivity index (χ4v) is 6.43. The predicted octanol–water partition coefficient (Wildman–Crippen LogP) is 5.32. The molecular formula is C26H28O4. The molecule has 5 atom stereocenters. The summed E-state index contributed by atoms with van der Waals surface area (Å²) in [7, 11) is 0. The van der Waals surface area contributed by atoms with Gasteiger partial charge in [0.05, 0.1) is 0 Å². The summed E-state index contributed by atoms with van der Waals surface area (Å²) in [6.07, 6.45) is 4.92. The molecule has 0 saturated heterocycles. The number of fused-ring (bicyclic) bond motifs is 5. The molecule has 5 rings (SSSR count). The molecule has 0 radical (unpaired) electrons. The lowest BCUT2D eigenvalue weighted by Crippen LogP contribution is -2.42. The SMILES string of the molecule is CC12CCC3c4ccc(OC(C(=O)O)c5ccccc5)cc4CCC3C1CCC2=O. The molecule has 0 aromatic heterocycles. The van der Waals surface area contributed by atoms with Crippen LogP contribution in [0.25, 0.3) is 0 Å². The second kappa shape index (κ2) is 7.26. The number of benzene rings is 2. The van der Waals surface area contributed by atoms with Gasteiger partial charge in [-0.25, -0.2) is 4.79 Å². The third-order valence-corrected chi connectivity index (χ3v) is 7.99. The van der Waals surface area contributed by atoms with Gasteiger partial charge in [-0.05, 0) is 73.1 Å². The number of carbonyl (C=O) groups excluding carboxylic acids is 1. The summed E-state index contributed by atoms with van der Waals surface area (Å²) in [5.41, 5.74) is 3.19. The van der Waals surface area contributed by atoms with E-state index in [0.29, 0.717) is 34.8 Å². The Kier molecular flexibility index (Phi) is 4.68. The van der Waals surface area contributed by atoms with Gasteiger partial charge in [-0.1, -0.05) is 43.3 Å². The summed E-state index contributed by atoms with van der Waals surface area (Å²) in [6.45, 7) is 2.20. The Morgan fingerprint density at radius 3 is 2.67 bits per heavy atom. The Bertz CT molecular complexity index is 982. The summed E-state index contributed by atoms with van der Waals surface area (Å²) in [6, 6.07) is 15.2. The molecule has 2 aromatic carbocycles. The molecule has 3 aliphatic rings. The van der Waals surface area contributed by atoms with Crippen LogP contribution in [0.4, 0.5) is 0 Å². The van der Waals surface area contributed by atoms with E-state index in [1.165, 1.54) is 11.1 Å². The Labute approximate surface area is 177 Å². The number of aryl methyl sites for hydroxylation is 1. The quantitative estimate of drug-likeness (QED) is 0.749. The maximum absolute atomic E-state index is 12.5. The van der Waals surface area contributed by atoms with Gasteiger partial charge in [-0.2, -0.15) is 0 Å². The van der Waals surface area contributed by atoms with Gasteiger partial charge in [0.25, 0.3) is 0 Å². The Balaban J connectivity index is 1.40. The van der Waals surface area contributed by atoms with Gasteiger partial charge in [-0.15, -0.1) is 0 Å². The Hall–Kier alpha value is -2.62. The standard InChI is InChI=1S/C26H28O4/c1-26-14-13-20-19-10-8-18(30-24(25(28)29)16-5-3-2-4-6-16)15-17(19)7-9-21(20)22(26)11-12-23(26)27/h2-6,8,10,15,20-22,24H,7,9,11-14H2,1H3,(H,28,29). The first kappa shape index (κ1) is 19.3. The van der Waals surface area contributed by atoms with Crippen LogP contribution in [0.3, 0.4) is 0 Å². The molecular weight excluding hydrogens is 376 g/mol. The highest BCUT2D eigenvalue weighted by atomic mass is 16.5. The molecule has 0 aliphatic heterocycles. The van der Waals surface area contributed by atoms with Gasteiger partial charge < -0.3 is 9.84 Å². The van der Waals surface area contributed by atoms with Gasteiger partial charge >= 0.3 is 5.97 Å². The van der Waals surface area contributed by atoms with E-state index >= 15 is 0 Å². The first-order valence-corrected chi connectivity index (χ1v) is 11.1. The third-order valence-electron chi connectivity index (χ3n) is 7.99. The van der Waals surface area contributed by atoms with Gasteiger partial charge in [0, 0.05) is 17.4 Å². The smallest absolute Gasteiger partial charge is 0.349 e. The van der Waals surface area contributed by atoms with Crippen LogP contribution in [-0.2, 0) is 16.0 Å². The number of carboxylic acids is 1. The zero-order valence-corrected chi connectivity index (χ0v) is 17.3. The van der Waals surface area contributed by atoms with E-state index in [0.717, 1.165) is 38.5 Å². The molecule has 0 spiro atoms. The normalized spacial score (nSPS) is 30.7. The molecule has 3 aliphatic carbocycles. The number of ether oxygens (including phenoxy) is 1. The fourth-order valence-electron chi connectivity index (χ4n) is 6.43. The van der Waals surface area contributed by atoms with Crippen molar-refractivity contribution >= 4 is 11.8 Å². The van der Waals surface area contributed by atoms with E-state index in [2.05, 4.69) is 13.0 Å². The van der Waals surface area contributed by atoms with Crippen LogP contribution in [0.5, 0.6) is 5.75 Å². The minimum Gasteiger partial charge on any atom is -0.478 e. The van der Waals surface area contributed by atoms with Crippen LogP contribution in [0, 0.1) is 17.3 Å². The van der Waals surface area contributed by atoms with E-state index in [9.17, 15) is 14.7 Å². The largest absolute Gasteiger partial charge is 0.478 e. The maximum Gasteiger partial charge on any atom is 0.349 e. The summed E-state index contributed by atoms with van der Waals surface area (Å²) in [4.78, 5) is 24.3. The molecule has 30 heavy (non-hydrogen) atoms. The number of Topliss-reactive ketones (excluding diaryl/α,β-unsaturated/α-hetero) is 1. The number of aliphatic carboxylic acids is 1. The lowest BCUT2D eigenvalue weighted by Gasteiger charge is -2.48. The van der Waals surface area contributed by atoms with Crippen LogP contribution in [0.1, 0.15) is 67.7 Å². The van der Waals surface area contributed by atoms with Gasteiger partial charge in [-0.3, -0.25) is 4.79 Å². The molecule has 4 heteroatoms. The zero-order valence-electron chi connectivity index (χ0n) is 17.3. The highest BCUT2D eigenvalue weighted by Gasteiger charge is 2.54. The van der Waals surface area contributed by atoms with Crippen LogP contribution >= 0.6 is 0 Å². The number of ketones is 1. The third kappa shape index (κ3) is 3.05. The molecule has 0 bridgehead atoms. The molecule has 0 heterocycles. The lowest BCUT2D eigenvalue weighted by molar-refractivity contribution is -0.145. The van der Waals surface area contributed by atoms with Crippen molar-refractivity contribution in [3.63, 3.8) is 0 Å². The summed E-state index contributed by atoms with van der Waals surface area (Å²) in [5.74, 6) is 1.71. The van der Waals surface area contributed by atoms with Crippen molar-refractivity contribution in [3.05, 3.63) is 65.2 Å². The van der Waals surface area contributed by atoms with E-state index < -0.39 is 12.1 Å².